The smallest absolute Gasteiger partial charge is 0.258 e. The summed E-state index contributed by atoms with van der Waals surface area (Å²) in [5.74, 6) is 0.746. The minimum absolute atomic E-state index is 0.154. The van der Waals surface area contributed by atoms with Crippen LogP contribution in [0.15, 0.2) is 18.2 Å². The van der Waals surface area contributed by atoms with E-state index in [-0.39, 0.29) is 5.92 Å². The Morgan fingerprint density at radius 1 is 1.26 bits per heavy atom. The van der Waals surface area contributed by atoms with Crippen LogP contribution in [0.5, 0.6) is 5.75 Å². The molecule has 7 nitrogen and oxygen atoms in total. The van der Waals surface area contributed by atoms with Gasteiger partial charge in [-0.1, -0.05) is 18.5 Å². The molecule has 0 heterocycles. The van der Waals surface area contributed by atoms with Gasteiger partial charge in [0.1, 0.15) is 12.4 Å². The van der Waals surface area contributed by atoms with E-state index in [1.807, 2.05) is 13.8 Å². The number of rotatable bonds is 14. The molecule has 2 N–H and O–H groups in total. The molecule has 0 amide bonds. The van der Waals surface area contributed by atoms with Crippen molar-refractivity contribution in [1.29, 1.82) is 0 Å². The highest BCUT2D eigenvalue weighted by atomic mass is 35.5. The fourth-order valence-corrected chi connectivity index (χ4v) is 3.77. The monoisotopic (exact) mass is 441 g/mol. The Morgan fingerprint density at radius 2 is 1.96 bits per heavy atom. The summed E-state index contributed by atoms with van der Waals surface area (Å²) in [6.07, 6.45) is -0.532. The summed E-state index contributed by atoms with van der Waals surface area (Å²) in [5.41, 5.74) is 0.715. The van der Waals surface area contributed by atoms with Crippen LogP contribution in [0.25, 0.3) is 0 Å². The molecule has 0 aliphatic carbocycles. The van der Waals surface area contributed by atoms with Gasteiger partial charge in [0.25, 0.3) is 6.64 Å². The molecule has 0 aliphatic heterocycles. The third-order valence-corrected chi connectivity index (χ3v) is 5.63. The maximum atomic E-state index is 10.1. The number of hydrogen-bond donors (Lipinski definition) is 2. The Labute approximate surface area is 171 Å². The minimum Gasteiger partial charge on any atom is -0.492 e. The summed E-state index contributed by atoms with van der Waals surface area (Å²) >= 11 is 11.3. The molecule has 0 aliphatic rings. The van der Waals surface area contributed by atoms with Crippen LogP contribution in [0, 0.1) is 5.92 Å². The molecule has 0 fully saturated rings. The van der Waals surface area contributed by atoms with Crippen molar-refractivity contribution in [2.45, 2.75) is 20.1 Å². The molecule has 1 aromatic carbocycles. The van der Waals surface area contributed by atoms with Gasteiger partial charge in [0, 0.05) is 38.9 Å². The Kier molecular flexibility index (Phi) is 12.0. The van der Waals surface area contributed by atoms with Gasteiger partial charge in [0.15, 0.2) is 6.29 Å². The highest BCUT2D eigenvalue weighted by molar-refractivity contribution is 8.08. The molecule has 27 heavy (non-hydrogen) atoms. The summed E-state index contributed by atoms with van der Waals surface area (Å²) in [6, 6.07) is 5.23. The van der Waals surface area contributed by atoms with Crippen LogP contribution in [0.4, 0.5) is 0 Å². The van der Waals surface area contributed by atoms with E-state index < -0.39 is 12.9 Å². The summed E-state index contributed by atoms with van der Waals surface area (Å²) < 4.78 is 26.7. The molecule has 0 bridgehead atoms. The number of halogens is 1. The highest BCUT2D eigenvalue weighted by Gasteiger charge is 2.16. The lowest BCUT2D eigenvalue weighted by atomic mass is 10.2. The van der Waals surface area contributed by atoms with Crippen molar-refractivity contribution in [3.8, 4) is 5.75 Å². The van der Waals surface area contributed by atoms with E-state index in [4.69, 9.17) is 46.9 Å². The topological polar surface area (TPSA) is 78.4 Å². The first-order valence-corrected chi connectivity index (χ1v) is 11.7. The molecular formula is C17H29ClNO6PS. The molecule has 0 saturated carbocycles. The molecule has 2 unspecified atom stereocenters. The van der Waals surface area contributed by atoms with Gasteiger partial charge in [0.05, 0.1) is 18.2 Å². The third-order valence-electron chi connectivity index (χ3n) is 3.48. The maximum absolute atomic E-state index is 10.1. The van der Waals surface area contributed by atoms with Gasteiger partial charge in [-0.3, -0.25) is 0 Å². The van der Waals surface area contributed by atoms with Crippen LogP contribution >= 0.6 is 18.2 Å². The third kappa shape index (κ3) is 9.65. The van der Waals surface area contributed by atoms with Gasteiger partial charge in [-0.2, -0.15) is 0 Å². The number of ether oxygens (including phenoxy) is 4. The minimum atomic E-state index is -3.05. The second-order valence-corrected chi connectivity index (χ2v) is 9.33. The second kappa shape index (κ2) is 13.0. The van der Waals surface area contributed by atoms with Crippen LogP contribution in [0.1, 0.15) is 25.7 Å². The summed E-state index contributed by atoms with van der Waals surface area (Å²) in [5, 5.41) is 3.30. The van der Waals surface area contributed by atoms with Crippen molar-refractivity contribution in [3.63, 3.8) is 0 Å². The Balaban J connectivity index is 2.38. The molecule has 0 spiro atoms. The van der Waals surface area contributed by atoms with Crippen molar-refractivity contribution in [2.24, 2.45) is 5.92 Å². The average Bonchev–Trinajstić information content (AvgIpc) is 2.64. The van der Waals surface area contributed by atoms with Crippen LogP contribution in [-0.4, -0.2) is 52.1 Å². The standard InChI is InChI=1S/C17H29ClNO6PS/c1-5-23-11-13(2)12-25-26(20,27)19-8-9-24-14-6-7-15(16(18)10-14)17(21-3)22-4/h6-7,10,13,17H,5,8-9,11-12H2,1-4H3,(H2,19,20,27). The summed E-state index contributed by atoms with van der Waals surface area (Å²) in [6.45, 7) is 3.04. The van der Waals surface area contributed by atoms with E-state index in [2.05, 4.69) is 5.09 Å². The first-order valence-electron chi connectivity index (χ1n) is 8.61. The SMILES string of the molecule is CCOCC(C)COP(O)(=S)NCCOc1ccc(C(OC)OC)c(Cl)c1. The molecule has 0 saturated heterocycles. The summed E-state index contributed by atoms with van der Waals surface area (Å²) in [7, 11) is 3.08. The predicted octanol–water partition coefficient (Wildman–Crippen LogP) is 3.51. The van der Waals surface area contributed by atoms with E-state index >= 15 is 0 Å². The molecule has 156 valence electrons. The number of hydrogen-bond acceptors (Lipinski definition) is 6. The first-order chi connectivity index (χ1) is 12.8. The lowest BCUT2D eigenvalue weighted by molar-refractivity contribution is -0.105. The van der Waals surface area contributed by atoms with Gasteiger partial charge in [0.2, 0.25) is 0 Å². The fourth-order valence-electron chi connectivity index (χ4n) is 2.14. The van der Waals surface area contributed by atoms with E-state index in [9.17, 15) is 4.89 Å². The fraction of sp³-hybridized carbons (Fsp3) is 0.647. The lowest BCUT2D eigenvalue weighted by Crippen LogP contribution is -2.21. The highest BCUT2D eigenvalue weighted by Crippen LogP contribution is 2.37. The molecule has 0 radical (unpaired) electrons. The second-order valence-electron chi connectivity index (χ2n) is 5.82. The van der Waals surface area contributed by atoms with Crippen molar-refractivity contribution < 1.29 is 28.4 Å². The zero-order valence-electron chi connectivity index (χ0n) is 16.1. The van der Waals surface area contributed by atoms with Crippen molar-refractivity contribution >= 4 is 30.1 Å². The van der Waals surface area contributed by atoms with E-state index in [1.165, 1.54) is 0 Å². The Bertz CT molecular complexity index is 605. The molecule has 1 aromatic rings. The Morgan fingerprint density at radius 3 is 2.56 bits per heavy atom. The van der Waals surface area contributed by atoms with Gasteiger partial charge >= 0.3 is 0 Å². The van der Waals surface area contributed by atoms with Crippen molar-refractivity contribution in [3.05, 3.63) is 28.8 Å². The van der Waals surface area contributed by atoms with Crippen LogP contribution < -0.4 is 9.82 Å². The normalized spacial score (nSPS) is 14.9. The Hall–Kier alpha value is -0.280. The number of benzene rings is 1. The van der Waals surface area contributed by atoms with Gasteiger partial charge in [-0.05, 0) is 36.9 Å². The largest absolute Gasteiger partial charge is 0.492 e. The average molecular weight is 442 g/mol. The van der Waals surface area contributed by atoms with Gasteiger partial charge in [-0.15, -0.1) is 0 Å². The lowest BCUT2D eigenvalue weighted by Gasteiger charge is -2.20. The van der Waals surface area contributed by atoms with Crippen LogP contribution in [-0.2, 0) is 30.5 Å². The van der Waals surface area contributed by atoms with Gasteiger partial charge < -0.3 is 28.4 Å². The molecule has 1 rings (SSSR count). The predicted molar refractivity (Wildman–Crippen MR) is 110 cm³/mol. The van der Waals surface area contributed by atoms with Crippen molar-refractivity contribution in [1.82, 2.24) is 5.09 Å². The zero-order valence-corrected chi connectivity index (χ0v) is 18.6. The first kappa shape index (κ1) is 24.8. The summed E-state index contributed by atoms with van der Waals surface area (Å²) in [4.78, 5) is 10.1. The molecular weight excluding hydrogens is 413 g/mol. The molecule has 10 heteroatoms. The quantitative estimate of drug-likeness (QED) is 0.258. The van der Waals surface area contributed by atoms with E-state index in [1.54, 1.807) is 32.4 Å². The molecule has 2 atom stereocenters. The molecule has 0 aromatic heterocycles. The van der Waals surface area contributed by atoms with Crippen LogP contribution in [0.2, 0.25) is 5.02 Å². The number of nitrogens with one attached hydrogen (secondary N) is 1. The number of methoxy groups -OCH3 is 2. The van der Waals surface area contributed by atoms with E-state index in [0.29, 0.717) is 49.3 Å². The van der Waals surface area contributed by atoms with E-state index in [0.717, 1.165) is 0 Å². The zero-order chi connectivity index (χ0) is 20.3. The maximum Gasteiger partial charge on any atom is 0.258 e. The van der Waals surface area contributed by atoms with Crippen LogP contribution in [0.3, 0.4) is 0 Å². The van der Waals surface area contributed by atoms with Gasteiger partial charge in [-0.25, -0.2) is 5.09 Å². The van der Waals surface area contributed by atoms with Crippen molar-refractivity contribution in [2.75, 3.05) is 47.2 Å².